The van der Waals surface area contributed by atoms with Crippen molar-refractivity contribution >= 4 is 39.4 Å². The van der Waals surface area contributed by atoms with Gasteiger partial charge in [-0.25, -0.2) is 13.8 Å². The van der Waals surface area contributed by atoms with Crippen LogP contribution in [0.4, 0.5) is 11.4 Å². The molecule has 0 saturated carbocycles. The number of anilines is 2. The number of hydrogen-bond acceptors (Lipinski definition) is 8. The van der Waals surface area contributed by atoms with Gasteiger partial charge in [0.1, 0.15) is 23.8 Å². The number of benzene rings is 4. The van der Waals surface area contributed by atoms with E-state index in [9.17, 15) is 18.0 Å². The van der Waals surface area contributed by atoms with Gasteiger partial charge >= 0.3 is 0 Å². The first-order valence-electron chi connectivity index (χ1n) is 13.6. The van der Waals surface area contributed by atoms with Gasteiger partial charge in [0.25, 0.3) is 21.8 Å². The summed E-state index contributed by atoms with van der Waals surface area (Å²) in [5.41, 5.74) is 3.93. The third-order valence-corrected chi connectivity index (χ3v) is 7.87. The first-order chi connectivity index (χ1) is 21.3. The molecular weight excluding hydrogens is 584 g/mol. The minimum absolute atomic E-state index is 0.0470. The zero-order valence-electron chi connectivity index (χ0n) is 24.2. The molecule has 0 bridgehead atoms. The fourth-order valence-corrected chi connectivity index (χ4v) is 5.37. The van der Waals surface area contributed by atoms with Crippen molar-refractivity contribution < 1.29 is 32.2 Å². The quantitative estimate of drug-likeness (QED) is 0.158. The number of methoxy groups -OCH3 is 1. The van der Waals surface area contributed by atoms with E-state index in [2.05, 4.69) is 15.8 Å². The van der Waals surface area contributed by atoms with Gasteiger partial charge in [0.15, 0.2) is 6.61 Å². The molecule has 0 spiro atoms. The van der Waals surface area contributed by atoms with Gasteiger partial charge in [-0.15, -0.1) is 0 Å². The van der Waals surface area contributed by atoms with E-state index in [1.165, 1.54) is 18.3 Å². The molecule has 228 valence electrons. The molecule has 0 saturated heterocycles. The van der Waals surface area contributed by atoms with Crippen molar-refractivity contribution in [3.8, 4) is 17.2 Å². The summed E-state index contributed by atoms with van der Waals surface area (Å²) in [6.07, 6.45) is 1.41. The highest BCUT2D eigenvalue weighted by molar-refractivity contribution is 7.92. The molecule has 0 unspecified atom stereocenters. The molecule has 0 radical (unpaired) electrons. The minimum Gasteiger partial charge on any atom is -0.497 e. The largest absolute Gasteiger partial charge is 0.497 e. The number of nitrogens with zero attached hydrogens (tertiary/aromatic N) is 2. The van der Waals surface area contributed by atoms with Crippen LogP contribution >= 0.6 is 0 Å². The topological polar surface area (TPSA) is 136 Å². The second kappa shape index (κ2) is 15.2. The Hall–Kier alpha value is -5.36. The third-order valence-electron chi connectivity index (χ3n) is 6.08. The first kappa shape index (κ1) is 31.6. The highest BCUT2D eigenvalue weighted by atomic mass is 32.2. The van der Waals surface area contributed by atoms with Crippen molar-refractivity contribution in [3.05, 3.63) is 109 Å². The van der Waals surface area contributed by atoms with Crippen LogP contribution in [0.1, 0.15) is 12.5 Å². The molecule has 0 aliphatic rings. The number of hydrazone groups is 1. The number of sulfonamides is 1. The Bertz CT molecular complexity index is 1660. The number of hydrogen-bond donors (Lipinski definition) is 2. The summed E-state index contributed by atoms with van der Waals surface area (Å²) < 4.78 is 44.0. The fourth-order valence-electron chi connectivity index (χ4n) is 3.93. The molecule has 2 N–H and O–H groups in total. The van der Waals surface area contributed by atoms with Crippen molar-refractivity contribution in [2.75, 3.05) is 36.5 Å². The normalized spacial score (nSPS) is 11.0. The van der Waals surface area contributed by atoms with E-state index in [1.807, 2.05) is 6.92 Å². The average Bonchev–Trinajstić information content (AvgIpc) is 3.04. The number of carbonyl (C=O) groups is 2. The monoisotopic (exact) mass is 616 g/mol. The second-order valence-electron chi connectivity index (χ2n) is 9.18. The molecule has 0 atom stereocenters. The Labute approximate surface area is 256 Å². The lowest BCUT2D eigenvalue weighted by atomic mass is 10.2. The van der Waals surface area contributed by atoms with E-state index in [4.69, 9.17) is 14.2 Å². The van der Waals surface area contributed by atoms with E-state index in [-0.39, 0.29) is 17.4 Å². The lowest BCUT2D eigenvalue weighted by Gasteiger charge is -2.24. The van der Waals surface area contributed by atoms with Crippen molar-refractivity contribution in [3.63, 3.8) is 0 Å². The van der Waals surface area contributed by atoms with Crippen LogP contribution in [0.3, 0.4) is 0 Å². The zero-order chi connectivity index (χ0) is 31.4. The maximum atomic E-state index is 13.5. The lowest BCUT2D eigenvalue weighted by Crippen LogP contribution is -2.39. The van der Waals surface area contributed by atoms with Gasteiger partial charge in [-0.3, -0.25) is 13.9 Å². The van der Waals surface area contributed by atoms with Gasteiger partial charge < -0.3 is 19.5 Å². The molecule has 0 aliphatic carbocycles. The fraction of sp³-hybridized carbons (Fsp3) is 0.156. The molecule has 0 aromatic heterocycles. The maximum absolute atomic E-state index is 13.5. The summed E-state index contributed by atoms with van der Waals surface area (Å²) in [5.74, 6) is 0.766. The summed E-state index contributed by atoms with van der Waals surface area (Å²) in [6, 6.07) is 27.9. The van der Waals surface area contributed by atoms with Crippen LogP contribution in [0.25, 0.3) is 0 Å². The summed E-state index contributed by atoms with van der Waals surface area (Å²) in [4.78, 5) is 25.0. The van der Waals surface area contributed by atoms with Gasteiger partial charge in [0.2, 0.25) is 0 Å². The molecule has 4 rings (SSSR count). The Morgan fingerprint density at radius 3 is 2.05 bits per heavy atom. The maximum Gasteiger partial charge on any atom is 0.264 e. The van der Waals surface area contributed by atoms with E-state index in [1.54, 1.807) is 98.1 Å². The van der Waals surface area contributed by atoms with Gasteiger partial charge in [-0.05, 0) is 97.4 Å². The van der Waals surface area contributed by atoms with E-state index < -0.39 is 22.5 Å². The zero-order valence-corrected chi connectivity index (χ0v) is 25.0. The summed E-state index contributed by atoms with van der Waals surface area (Å²) >= 11 is 0. The number of rotatable bonds is 14. The van der Waals surface area contributed by atoms with Crippen LogP contribution in [0.5, 0.6) is 17.2 Å². The molecule has 2 amide bonds. The number of nitrogens with one attached hydrogen (secondary N) is 2. The van der Waals surface area contributed by atoms with Gasteiger partial charge in [0.05, 0.1) is 30.5 Å². The SMILES string of the molecule is CCOc1ccc(N(CC(=O)N/N=C\c2ccc(OCC(=O)Nc3ccc(OC)cc3)cc2)S(=O)(=O)c2ccccc2)cc1. The predicted octanol–water partition coefficient (Wildman–Crippen LogP) is 4.46. The Balaban J connectivity index is 1.33. The minimum atomic E-state index is -4.06. The highest BCUT2D eigenvalue weighted by Crippen LogP contribution is 2.26. The van der Waals surface area contributed by atoms with E-state index >= 15 is 0 Å². The van der Waals surface area contributed by atoms with Gasteiger partial charge in [-0.1, -0.05) is 18.2 Å². The Kier molecular flexibility index (Phi) is 10.9. The van der Waals surface area contributed by atoms with Crippen LogP contribution in [0.2, 0.25) is 0 Å². The average molecular weight is 617 g/mol. The van der Waals surface area contributed by atoms with Crippen molar-refractivity contribution in [1.82, 2.24) is 5.43 Å². The van der Waals surface area contributed by atoms with Crippen molar-refractivity contribution in [2.45, 2.75) is 11.8 Å². The second-order valence-corrected chi connectivity index (χ2v) is 11.0. The highest BCUT2D eigenvalue weighted by Gasteiger charge is 2.27. The number of ether oxygens (including phenoxy) is 3. The van der Waals surface area contributed by atoms with Crippen molar-refractivity contribution in [1.29, 1.82) is 0 Å². The molecule has 4 aromatic carbocycles. The Morgan fingerprint density at radius 1 is 0.795 bits per heavy atom. The molecule has 4 aromatic rings. The van der Waals surface area contributed by atoms with E-state index in [0.29, 0.717) is 40.8 Å². The van der Waals surface area contributed by atoms with Crippen LogP contribution in [0, 0.1) is 0 Å². The first-order valence-corrected chi connectivity index (χ1v) is 15.0. The molecule has 12 heteroatoms. The molecular formula is C32H32N4O7S. The summed E-state index contributed by atoms with van der Waals surface area (Å²) in [6.45, 7) is 1.61. The summed E-state index contributed by atoms with van der Waals surface area (Å²) in [5, 5.41) is 6.70. The van der Waals surface area contributed by atoms with Crippen LogP contribution in [-0.4, -0.2) is 53.3 Å². The number of carbonyl (C=O) groups excluding carboxylic acids is 2. The van der Waals surface area contributed by atoms with Crippen LogP contribution in [-0.2, 0) is 19.6 Å². The molecule has 0 heterocycles. The number of amides is 2. The van der Waals surface area contributed by atoms with Crippen molar-refractivity contribution in [2.24, 2.45) is 5.10 Å². The lowest BCUT2D eigenvalue weighted by molar-refractivity contribution is -0.119. The van der Waals surface area contributed by atoms with Crippen LogP contribution < -0.4 is 29.3 Å². The molecule has 0 fully saturated rings. The Morgan fingerprint density at radius 2 is 1.41 bits per heavy atom. The molecule has 44 heavy (non-hydrogen) atoms. The predicted molar refractivity (Wildman–Crippen MR) is 168 cm³/mol. The summed E-state index contributed by atoms with van der Waals surface area (Å²) in [7, 11) is -2.49. The molecule has 11 nitrogen and oxygen atoms in total. The smallest absolute Gasteiger partial charge is 0.264 e. The van der Waals surface area contributed by atoms with Gasteiger partial charge in [0, 0.05) is 5.69 Å². The third kappa shape index (κ3) is 8.82. The standard InChI is InChI=1S/C32H32N4O7S/c1-3-42-28-19-13-26(14-20-28)36(44(39,40)30-7-5-4-6-8-30)22-31(37)35-33-21-24-9-15-29(16-10-24)43-23-32(38)34-25-11-17-27(41-2)18-12-25/h4-21H,3,22-23H2,1-2H3,(H,34,38)(H,35,37)/b33-21-. The molecule has 0 aliphatic heterocycles. The van der Waals surface area contributed by atoms with Crippen LogP contribution in [0.15, 0.2) is 113 Å². The van der Waals surface area contributed by atoms with Gasteiger partial charge in [-0.2, -0.15) is 5.10 Å². The van der Waals surface area contributed by atoms with E-state index in [0.717, 1.165) is 4.31 Å².